The lowest BCUT2D eigenvalue weighted by atomic mass is 10.00. The molecule has 2 aromatic heterocycles. The quantitative estimate of drug-likeness (QED) is 0.610. The number of aryl methyl sites for hydroxylation is 1. The molecule has 3 rings (SSSR count). The molecule has 2 heterocycles. The second-order valence-electron chi connectivity index (χ2n) is 5.83. The van der Waals surface area contributed by atoms with Crippen LogP contribution in [-0.4, -0.2) is 16.5 Å². The fourth-order valence-corrected chi connectivity index (χ4v) is 3.23. The van der Waals surface area contributed by atoms with E-state index in [1.165, 1.54) is 0 Å². The molecule has 132 valence electrons. The fourth-order valence-electron chi connectivity index (χ4n) is 3.01. The van der Waals surface area contributed by atoms with Gasteiger partial charge in [0.25, 0.3) is 0 Å². The Kier molecular flexibility index (Phi) is 5.01. The van der Waals surface area contributed by atoms with Gasteiger partial charge in [0.05, 0.1) is 11.1 Å². The number of halogens is 4. The molecule has 0 amide bonds. The van der Waals surface area contributed by atoms with E-state index in [2.05, 4.69) is 9.97 Å². The zero-order valence-corrected chi connectivity index (χ0v) is 14.1. The zero-order valence-electron chi connectivity index (χ0n) is 13.3. The van der Waals surface area contributed by atoms with Gasteiger partial charge < -0.3 is 10.7 Å². The lowest BCUT2D eigenvalue weighted by molar-refractivity contribution is -0.136. The maximum atomic E-state index is 13.4. The Morgan fingerprint density at radius 2 is 1.84 bits per heavy atom. The van der Waals surface area contributed by atoms with Crippen LogP contribution in [0.4, 0.5) is 13.2 Å². The molecule has 1 aromatic carbocycles. The van der Waals surface area contributed by atoms with E-state index in [0.717, 1.165) is 30.0 Å². The van der Waals surface area contributed by atoms with Gasteiger partial charge in [0.1, 0.15) is 0 Å². The molecule has 0 spiro atoms. The lowest BCUT2D eigenvalue weighted by Crippen LogP contribution is -2.05. The first-order chi connectivity index (χ1) is 11.9. The van der Waals surface area contributed by atoms with E-state index < -0.39 is 11.7 Å². The van der Waals surface area contributed by atoms with Crippen LogP contribution in [0.1, 0.15) is 24.0 Å². The highest BCUT2D eigenvalue weighted by Crippen LogP contribution is 2.40. The van der Waals surface area contributed by atoms with E-state index in [9.17, 15) is 13.2 Å². The van der Waals surface area contributed by atoms with Gasteiger partial charge in [0.2, 0.25) is 0 Å². The second-order valence-corrected chi connectivity index (χ2v) is 6.27. The first-order valence-electron chi connectivity index (χ1n) is 7.93. The Morgan fingerprint density at radius 1 is 1.12 bits per heavy atom. The van der Waals surface area contributed by atoms with Crippen molar-refractivity contribution in [2.45, 2.75) is 25.4 Å². The van der Waals surface area contributed by atoms with Crippen molar-refractivity contribution >= 4 is 22.5 Å². The Balaban J connectivity index is 2.25. The fraction of sp³-hybridized carbons (Fsp3) is 0.278. The van der Waals surface area contributed by atoms with Gasteiger partial charge in [-0.2, -0.15) is 13.2 Å². The van der Waals surface area contributed by atoms with Crippen LogP contribution >= 0.6 is 11.6 Å². The number of benzene rings is 1. The average Bonchev–Trinajstić information content (AvgIpc) is 2.93. The Morgan fingerprint density at radius 3 is 2.48 bits per heavy atom. The maximum Gasteiger partial charge on any atom is 0.418 e. The van der Waals surface area contributed by atoms with E-state index in [4.69, 9.17) is 17.3 Å². The molecule has 25 heavy (non-hydrogen) atoms. The number of H-pyrrole nitrogens is 1. The molecule has 0 aliphatic rings. The normalized spacial score (nSPS) is 12.0. The van der Waals surface area contributed by atoms with Crippen molar-refractivity contribution in [2.75, 3.05) is 6.54 Å². The highest BCUT2D eigenvalue weighted by Gasteiger charge is 2.34. The molecular weight excluding hydrogens is 351 g/mol. The van der Waals surface area contributed by atoms with Crippen LogP contribution in [0.5, 0.6) is 0 Å². The minimum Gasteiger partial charge on any atom is -0.354 e. The van der Waals surface area contributed by atoms with E-state index in [-0.39, 0.29) is 10.5 Å². The van der Waals surface area contributed by atoms with Crippen LogP contribution in [0.15, 0.2) is 36.7 Å². The number of hydrogen-bond acceptors (Lipinski definition) is 2. The summed E-state index contributed by atoms with van der Waals surface area (Å²) < 4.78 is 40.3. The first kappa shape index (κ1) is 17.8. The number of aromatic nitrogens is 2. The van der Waals surface area contributed by atoms with Crippen molar-refractivity contribution < 1.29 is 13.2 Å². The van der Waals surface area contributed by atoms with Crippen LogP contribution in [0.3, 0.4) is 0 Å². The van der Waals surface area contributed by atoms with Crippen LogP contribution in [0.2, 0.25) is 5.02 Å². The number of hydrogen-bond donors (Lipinski definition) is 2. The van der Waals surface area contributed by atoms with Crippen molar-refractivity contribution in [3.05, 3.63) is 52.8 Å². The molecule has 3 aromatic rings. The van der Waals surface area contributed by atoms with Gasteiger partial charge in [-0.15, -0.1) is 0 Å². The molecule has 0 aliphatic carbocycles. The Labute approximate surface area is 148 Å². The number of nitrogens with one attached hydrogen (secondary N) is 1. The number of rotatable bonds is 5. The molecule has 3 N–H and O–H groups in total. The van der Waals surface area contributed by atoms with E-state index in [1.807, 2.05) is 0 Å². The Hall–Kier alpha value is -2.05. The van der Waals surface area contributed by atoms with Gasteiger partial charge in [0, 0.05) is 34.1 Å². The lowest BCUT2D eigenvalue weighted by Gasteiger charge is -2.09. The number of aromatic amines is 1. The number of alkyl halides is 3. The molecular formula is C18H17ClF3N3. The summed E-state index contributed by atoms with van der Waals surface area (Å²) in [6, 6.07) is 6.09. The highest BCUT2D eigenvalue weighted by molar-refractivity contribution is 6.31. The van der Waals surface area contributed by atoms with Crippen LogP contribution < -0.4 is 5.73 Å². The zero-order chi connectivity index (χ0) is 18.0. The molecule has 0 saturated carbocycles. The minimum absolute atomic E-state index is 0.0615. The molecule has 0 fully saturated rings. The number of nitrogens with two attached hydrogens (primary N) is 1. The molecule has 7 heteroatoms. The SMILES string of the molecule is NCCCCc1c(-c2ccncc2)[nH]c2c(C(F)(F)F)cc(Cl)cc12. The number of fused-ring (bicyclic) bond motifs is 1. The van der Waals surface area contributed by atoms with E-state index in [1.54, 1.807) is 30.6 Å². The molecule has 0 radical (unpaired) electrons. The van der Waals surface area contributed by atoms with Crippen molar-refractivity contribution in [3.63, 3.8) is 0 Å². The maximum absolute atomic E-state index is 13.4. The van der Waals surface area contributed by atoms with Crippen molar-refractivity contribution in [2.24, 2.45) is 5.73 Å². The minimum atomic E-state index is -4.49. The van der Waals surface area contributed by atoms with Gasteiger partial charge in [-0.05, 0) is 55.6 Å². The van der Waals surface area contributed by atoms with E-state index >= 15 is 0 Å². The molecule has 0 saturated heterocycles. The van der Waals surface area contributed by atoms with Crippen LogP contribution in [-0.2, 0) is 12.6 Å². The van der Waals surface area contributed by atoms with E-state index in [0.29, 0.717) is 24.0 Å². The molecule has 3 nitrogen and oxygen atoms in total. The smallest absolute Gasteiger partial charge is 0.354 e. The Bertz CT molecular complexity index is 873. The second kappa shape index (κ2) is 7.06. The largest absolute Gasteiger partial charge is 0.418 e. The predicted molar refractivity (Wildman–Crippen MR) is 93.5 cm³/mol. The third-order valence-electron chi connectivity index (χ3n) is 4.14. The summed E-state index contributed by atoms with van der Waals surface area (Å²) in [6.45, 7) is 0.543. The van der Waals surface area contributed by atoms with Gasteiger partial charge in [-0.3, -0.25) is 4.98 Å². The summed E-state index contributed by atoms with van der Waals surface area (Å²) in [4.78, 5) is 6.94. The summed E-state index contributed by atoms with van der Waals surface area (Å²) >= 11 is 5.97. The summed E-state index contributed by atoms with van der Waals surface area (Å²) in [5.41, 5.74) is 7.14. The first-order valence-corrected chi connectivity index (χ1v) is 8.31. The molecule has 0 atom stereocenters. The highest BCUT2D eigenvalue weighted by atomic mass is 35.5. The van der Waals surface area contributed by atoms with Crippen molar-refractivity contribution in [3.8, 4) is 11.3 Å². The molecule has 0 bridgehead atoms. The monoisotopic (exact) mass is 367 g/mol. The van der Waals surface area contributed by atoms with Gasteiger partial charge in [-0.25, -0.2) is 0 Å². The summed E-state index contributed by atoms with van der Waals surface area (Å²) in [6.07, 6.45) is 0.944. The number of unbranched alkanes of at least 4 members (excludes halogenated alkanes) is 1. The number of pyridine rings is 1. The average molecular weight is 368 g/mol. The van der Waals surface area contributed by atoms with Crippen molar-refractivity contribution in [1.29, 1.82) is 0 Å². The summed E-state index contributed by atoms with van der Waals surface area (Å²) in [7, 11) is 0. The van der Waals surface area contributed by atoms with Gasteiger partial charge >= 0.3 is 6.18 Å². The third kappa shape index (κ3) is 3.65. The van der Waals surface area contributed by atoms with Gasteiger partial charge in [0.15, 0.2) is 0 Å². The molecule has 0 unspecified atom stereocenters. The van der Waals surface area contributed by atoms with Crippen molar-refractivity contribution in [1.82, 2.24) is 9.97 Å². The topological polar surface area (TPSA) is 54.7 Å². The van der Waals surface area contributed by atoms with Crippen LogP contribution in [0, 0.1) is 0 Å². The standard InChI is InChI=1S/C18H17ClF3N3/c19-12-9-14-13(3-1-2-6-23)16(11-4-7-24-8-5-11)25-17(14)15(10-12)18(20,21)22/h4-5,7-10,25H,1-3,6,23H2. The third-order valence-corrected chi connectivity index (χ3v) is 4.35. The van der Waals surface area contributed by atoms with Crippen LogP contribution in [0.25, 0.3) is 22.2 Å². The number of nitrogens with zero attached hydrogens (tertiary/aromatic N) is 1. The summed E-state index contributed by atoms with van der Waals surface area (Å²) in [5.74, 6) is 0. The summed E-state index contributed by atoms with van der Waals surface area (Å²) in [5, 5.41) is 0.573. The predicted octanol–water partition coefficient (Wildman–Crippen LogP) is 5.18. The molecule has 0 aliphatic heterocycles. The van der Waals surface area contributed by atoms with Gasteiger partial charge in [-0.1, -0.05) is 11.6 Å².